The number of hydrogen-bond donors (Lipinski definition) is 1. The van der Waals surface area contributed by atoms with Gasteiger partial charge in [-0.2, -0.15) is 17.2 Å². The van der Waals surface area contributed by atoms with E-state index in [1.54, 1.807) is 50.3 Å². The Morgan fingerprint density at radius 3 is 2.03 bits per heavy atom. The molecule has 0 fully saturated rings. The summed E-state index contributed by atoms with van der Waals surface area (Å²) in [6.45, 7) is 4.52. The van der Waals surface area contributed by atoms with Gasteiger partial charge in [-0.05, 0) is 80.1 Å². The van der Waals surface area contributed by atoms with Crippen LogP contribution in [0.25, 0.3) is 0 Å². The second kappa shape index (κ2) is 10.5. The lowest BCUT2D eigenvalue weighted by atomic mass is 10.1. The van der Waals surface area contributed by atoms with Gasteiger partial charge in [0.15, 0.2) is 12.4 Å². The average Bonchev–Trinajstić information content (AvgIpc) is 2.71. The molecule has 2 aromatic carbocycles. The van der Waals surface area contributed by atoms with Crippen LogP contribution in [0.3, 0.4) is 0 Å². The van der Waals surface area contributed by atoms with Gasteiger partial charge >= 0.3 is 33.3 Å². The summed E-state index contributed by atoms with van der Waals surface area (Å²) in [5.41, 5.74) is -1.12. The summed E-state index contributed by atoms with van der Waals surface area (Å²) < 4.78 is 72.3. The average molecular weight is 626 g/mol. The van der Waals surface area contributed by atoms with Crippen molar-refractivity contribution in [1.82, 2.24) is 0 Å². The third-order valence-corrected chi connectivity index (χ3v) is 5.79. The van der Waals surface area contributed by atoms with Crippen LogP contribution >= 0.6 is 22.6 Å². The number of ether oxygens (including phenoxy) is 3. The lowest BCUT2D eigenvalue weighted by molar-refractivity contribution is -0.00971. The summed E-state index contributed by atoms with van der Waals surface area (Å²) in [6.07, 6.45) is 0. The number of aryl methyl sites for hydroxylation is 1. The third-order valence-electron chi connectivity index (χ3n) is 4.12. The molecule has 0 heterocycles. The molecule has 0 aliphatic rings. The van der Waals surface area contributed by atoms with Crippen LogP contribution < -0.4 is 4.74 Å². The number of esters is 3. The number of rotatable bonds is 7. The molecule has 2 rings (SSSR count). The molecule has 0 saturated heterocycles. The second-order valence-corrected chi connectivity index (χ2v) is 11.0. The Morgan fingerprint density at radius 1 is 0.971 bits per heavy atom. The fraction of sp³-hybridized carbons (Fsp3) is 0.318. The first-order valence-electron chi connectivity index (χ1n) is 9.79. The van der Waals surface area contributed by atoms with Gasteiger partial charge in [0.2, 0.25) is 0 Å². The first-order chi connectivity index (χ1) is 15.9. The van der Waals surface area contributed by atoms with Crippen LogP contribution in [0, 0.1) is 10.5 Å². The van der Waals surface area contributed by atoms with Crippen molar-refractivity contribution < 1.29 is 50.3 Å². The van der Waals surface area contributed by atoms with Crippen molar-refractivity contribution in [3.05, 3.63) is 62.2 Å². The molecule has 190 valence electrons. The number of alkyl halides is 2. The quantitative estimate of drug-likeness (QED) is 0.205. The fourth-order valence-corrected chi connectivity index (χ4v) is 3.71. The minimum Gasteiger partial charge on any atom is -0.456 e. The molecule has 0 unspecified atom stereocenters. The second-order valence-electron chi connectivity index (χ2n) is 8.25. The van der Waals surface area contributed by atoms with Crippen LogP contribution in [0.2, 0.25) is 0 Å². The van der Waals surface area contributed by atoms with Gasteiger partial charge in [0, 0.05) is 0 Å². The lowest BCUT2D eigenvalue weighted by Gasteiger charge is -2.20. The van der Waals surface area contributed by atoms with Gasteiger partial charge in [0.25, 0.3) is 0 Å². The molecule has 0 aliphatic carbocycles. The van der Waals surface area contributed by atoms with Crippen molar-refractivity contribution in [1.29, 1.82) is 0 Å². The van der Waals surface area contributed by atoms with E-state index in [1.807, 2.05) is 0 Å². The first-order valence-corrected chi connectivity index (χ1v) is 12.3. The van der Waals surface area contributed by atoms with Gasteiger partial charge in [-0.25, -0.2) is 14.4 Å². The van der Waals surface area contributed by atoms with Crippen LogP contribution in [0.5, 0.6) is 5.75 Å². The predicted octanol–water partition coefficient (Wildman–Crippen LogP) is 4.41. The molecule has 0 spiro atoms. The molecule has 0 aliphatic heterocycles. The summed E-state index contributed by atoms with van der Waals surface area (Å²) in [5.74, 6) is -3.64. The van der Waals surface area contributed by atoms with E-state index < -0.39 is 51.1 Å². The van der Waals surface area contributed by atoms with Gasteiger partial charge in [-0.3, -0.25) is 4.55 Å². The molecule has 0 radical (unpaired) electrons. The summed E-state index contributed by atoms with van der Waals surface area (Å²) in [5, 5.41) is -4.75. The number of carbonyl (C=O) groups is 3. The molecule has 1 N–H and O–H groups in total. The predicted molar refractivity (Wildman–Crippen MR) is 127 cm³/mol. The lowest BCUT2D eigenvalue weighted by Crippen LogP contribution is -2.34. The molecular formula is C22H21F2IO9S. The molecule has 0 amide bonds. The van der Waals surface area contributed by atoms with E-state index in [-0.39, 0.29) is 20.4 Å². The highest BCUT2D eigenvalue weighted by atomic mass is 127. The van der Waals surface area contributed by atoms with Crippen LogP contribution in [-0.2, 0) is 19.6 Å². The van der Waals surface area contributed by atoms with Gasteiger partial charge < -0.3 is 14.2 Å². The summed E-state index contributed by atoms with van der Waals surface area (Å²) in [4.78, 5) is 38.0. The smallest absolute Gasteiger partial charge is 0.402 e. The van der Waals surface area contributed by atoms with Gasteiger partial charge in [-0.1, -0.05) is 12.1 Å². The van der Waals surface area contributed by atoms with Crippen LogP contribution in [-0.4, -0.2) is 48.3 Å². The van der Waals surface area contributed by atoms with Gasteiger partial charge in [0.05, 0.1) is 14.7 Å². The molecule has 0 atom stereocenters. The molecule has 35 heavy (non-hydrogen) atoms. The number of benzene rings is 2. The van der Waals surface area contributed by atoms with Crippen LogP contribution in [0.1, 0.15) is 57.4 Å². The fourth-order valence-electron chi connectivity index (χ4n) is 2.61. The zero-order valence-corrected chi connectivity index (χ0v) is 21.9. The topological polar surface area (TPSA) is 133 Å². The Kier molecular flexibility index (Phi) is 8.61. The van der Waals surface area contributed by atoms with E-state index in [9.17, 15) is 31.6 Å². The van der Waals surface area contributed by atoms with Gasteiger partial charge in [0.1, 0.15) is 11.2 Å². The van der Waals surface area contributed by atoms with Gasteiger partial charge in [-0.15, -0.1) is 0 Å². The minimum atomic E-state index is -5.83. The van der Waals surface area contributed by atoms with Crippen molar-refractivity contribution in [3.8, 4) is 5.75 Å². The normalized spacial score (nSPS) is 12.1. The zero-order chi connectivity index (χ0) is 26.8. The largest absolute Gasteiger partial charge is 0.456 e. The highest BCUT2D eigenvalue weighted by Crippen LogP contribution is 2.30. The van der Waals surface area contributed by atoms with E-state index in [4.69, 9.17) is 14.0 Å². The molecule has 9 nitrogen and oxygen atoms in total. The number of hydrogen-bond acceptors (Lipinski definition) is 8. The Balaban J connectivity index is 2.40. The highest BCUT2D eigenvalue weighted by molar-refractivity contribution is 14.1. The summed E-state index contributed by atoms with van der Waals surface area (Å²) in [7, 11) is -5.83. The van der Waals surface area contributed by atoms with Crippen molar-refractivity contribution in [2.24, 2.45) is 0 Å². The van der Waals surface area contributed by atoms with Crippen LogP contribution in [0.4, 0.5) is 8.78 Å². The van der Waals surface area contributed by atoms with Crippen molar-refractivity contribution >= 4 is 50.6 Å². The van der Waals surface area contributed by atoms with E-state index in [1.165, 1.54) is 36.4 Å². The molecule has 2 aromatic rings. The third kappa shape index (κ3) is 7.41. The van der Waals surface area contributed by atoms with Crippen LogP contribution in [0.15, 0.2) is 36.4 Å². The maximum atomic E-state index is 13.5. The minimum absolute atomic E-state index is 0.105. The zero-order valence-electron chi connectivity index (χ0n) is 18.9. The van der Waals surface area contributed by atoms with E-state index in [2.05, 4.69) is 4.74 Å². The highest BCUT2D eigenvalue weighted by Gasteiger charge is 2.46. The number of carbonyl (C=O) groups excluding carboxylic acids is 3. The van der Waals surface area contributed by atoms with Crippen molar-refractivity contribution in [2.75, 3.05) is 6.61 Å². The standard InChI is InChI=1S/C22H21F2IO9S/c1-12-9-15(18(26)32-11-22(23,24)35(29,30)31)17(16(25)10-12)33-19(27)13-7-5-6-8-14(13)20(28)34-21(2,3)4/h5-10H,11H2,1-4H3,(H,29,30,31). The molecule has 0 aromatic heterocycles. The Hall–Kier alpha value is -2.65. The Labute approximate surface area is 213 Å². The SMILES string of the molecule is Cc1cc(I)c(OC(=O)c2ccccc2C(=O)OC(C)(C)C)c(C(=O)OCC(F)(F)S(=O)(=O)O)c1. The van der Waals surface area contributed by atoms with E-state index in [0.29, 0.717) is 5.56 Å². The summed E-state index contributed by atoms with van der Waals surface area (Å²) in [6, 6.07) is 8.32. The molecule has 0 bridgehead atoms. The number of halogens is 3. The molecule has 0 saturated carbocycles. The Bertz CT molecular complexity index is 1270. The Morgan fingerprint density at radius 2 is 1.51 bits per heavy atom. The summed E-state index contributed by atoms with van der Waals surface area (Å²) >= 11 is 1.73. The van der Waals surface area contributed by atoms with E-state index in [0.717, 1.165) is 0 Å². The maximum Gasteiger partial charge on any atom is 0.402 e. The maximum absolute atomic E-state index is 13.5. The van der Waals surface area contributed by atoms with E-state index >= 15 is 0 Å². The monoisotopic (exact) mass is 626 g/mol. The first kappa shape index (κ1) is 28.6. The molecule has 13 heteroatoms. The van der Waals surface area contributed by atoms with Crippen molar-refractivity contribution in [3.63, 3.8) is 0 Å². The van der Waals surface area contributed by atoms with Crippen molar-refractivity contribution in [2.45, 2.75) is 38.6 Å². The molecular weight excluding hydrogens is 605 g/mol.